The van der Waals surface area contributed by atoms with Crippen LogP contribution in [0.1, 0.15) is 46.7 Å². The Labute approximate surface area is 203 Å². The Morgan fingerprint density at radius 2 is 1.43 bits per heavy atom. The van der Waals surface area contributed by atoms with Crippen molar-refractivity contribution >= 4 is 5.91 Å². The Morgan fingerprint density at radius 1 is 0.886 bits per heavy atom. The minimum absolute atomic E-state index is 0.0864. The molecule has 4 rings (SSSR count). The smallest absolute Gasteiger partial charge is 0.405 e. The zero-order chi connectivity index (χ0) is 24.7. The minimum atomic E-state index is -4.85. The molecule has 1 heterocycles. The van der Waals surface area contributed by atoms with Crippen LogP contribution < -0.4 is 10.1 Å². The minimum Gasteiger partial charge on any atom is -0.405 e. The van der Waals surface area contributed by atoms with Crippen molar-refractivity contribution < 1.29 is 22.7 Å². The van der Waals surface area contributed by atoms with Gasteiger partial charge in [0.1, 0.15) is 5.75 Å². The van der Waals surface area contributed by atoms with Crippen LogP contribution in [-0.4, -0.2) is 42.8 Å². The number of nitrogens with one attached hydrogen (secondary N) is 1. The molecule has 1 fully saturated rings. The van der Waals surface area contributed by atoms with Crippen LogP contribution in [-0.2, 0) is 0 Å². The van der Waals surface area contributed by atoms with Gasteiger partial charge < -0.3 is 15.0 Å². The fourth-order valence-corrected chi connectivity index (χ4v) is 4.64. The molecule has 0 aromatic heterocycles. The topological polar surface area (TPSA) is 41.6 Å². The summed E-state index contributed by atoms with van der Waals surface area (Å²) in [4.78, 5) is 15.0. The molecule has 35 heavy (non-hydrogen) atoms. The second-order valence-electron chi connectivity index (χ2n) is 8.80. The monoisotopic (exact) mass is 482 g/mol. The van der Waals surface area contributed by atoms with Crippen LogP contribution in [0.5, 0.6) is 5.75 Å². The second kappa shape index (κ2) is 11.4. The quantitative estimate of drug-likeness (QED) is 0.428. The highest BCUT2D eigenvalue weighted by molar-refractivity contribution is 5.97. The van der Waals surface area contributed by atoms with Crippen LogP contribution in [0.3, 0.4) is 0 Å². The Hall–Kier alpha value is -3.32. The molecule has 3 aromatic rings. The van der Waals surface area contributed by atoms with Gasteiger partial charge in [-0.25, -0.2) is 0 Å². The largest absolute Gasteiger partial charge is 0.573 e. The van der Waals surface area contributed by atoms with E-state index in [1.165, 1.54) is 29.3 Å². The molecule has 1 aliphatic rings. The van der Waals surface area contributed by atoms with Crippen molar-refractivity contribution in [3.05, 3.63) is 102 Å². The Balaban J connectivity index is 1.31. The number of nitrogens with zero attached hydrogens (tertiary/aromatic N) is 1. The SMILES string of the molecule is O=C(NC1CCN(CCC(c2ccccc2)c2ccccc2)CC1)c1ccccc1OC(F)(F)F. The summed E-state index contributed by atoms with van der Waals surface area (Å²) < 4.78 is 42.0. The van der Waals surface area contributed by atoms with Crippen LogP contribution in [0, 0.1) is 0 Å². The number of halogens is 3. The number of hydrogen-bond donors (Lipinski definition) is 1. The summed E-state index contributed by atoms with van der Waals surface area (Å²) in [5, 5.41) is 2.89. The fraction of sp³-hybridized carbons (Fsp3) is 0.321. The summed E-state index contributed by atoms with van der Waals surface area (Å²) in [7, 11) is 0. The first kappa shape index (κ1) is 24.8. The molecule has 3 aromatic carbocycles. The predicted octanol–water partition coefficient (Wildman–Crippen LogP) is 6.00. The maximum absolute atomic E-state index is 12.7. The molecule has 4 nitrogen and oxygen atoms in total. The number of alkyl halides is 3. The van der Waals surface area contributed by atoms with Crippen LogP contribution in [0.15, 0.2) is 84.9 Å². The van der Waals surface area contributed by atoms with E-state index in [1.54, 1.807) is 0 Å². The van der Waals surface area contributed by atoms with Crippen molar-refractivity contribution in [1.82, 2.24) is 10.2 Å². The van der Waals surface area contributed by atoms with Crippen molar-refractivity contribution in [2.45, 2.75) is 37.6 Å². The number of hydrogen-bond acceptors (Lipinski definition) is 3. The molecule has 1 aliphatic heterocycles. The van der Waals surface area contributed by atoms with Crippen molar-refractivity contribution in [2.75, 3.05) is 19.6 Å². The van der Waals surface area contributed by atoms with Gasteiger partial charge in [-0.3, -0.25) is 4.79 Å². The van der Waals surface area contributed by atoms with Gasteiger partial charge in [0.2, 0.25) is 0 Å². The molecule has 184 valence electrons. The molecular weight excluding hydrogens is 453 g/mol. The summed E-state index contributed by atoms with van der Waals surface area (Å²) in [6.45, 7) is 2.57. The third-order valence-corrected chi connectivity index (χ3v) is 6.42. The Bertz CT molecular complexity index is 1040. The number of para-hydroxylation sites is 1. The standard InChI is InChI=1S/C28H29F3N2O2/c29-28(30,31)35-26-14-8-7-13-25(26)27(34)32-23-15-18-33(19-16-23)20-17-24(21-9-3-1-4-10-21)22-11-5-2-6-12-22/h1-14,23-24H,15-20H2,(H,32,34). The molecule has 0 aliphatic carbocycles. The summed E-state index contributed by atoms with van der Waals surface area (Å²) in [5.41, 5.74) is 2.47. The van der Waals surface area contributed by atoms with Crippen molar-refractivity contribution in [3.63, 3.8) is 0 Å². The number of piperidine rings is 1. The van der Waals surface area contributed by atoms with Crippen LogP contribution >= 0.6 is 0 Å². The summed E-state index contributed by atoms with van der Waals surface area (Å²) in [5.74, 6) is -0.723. The van der Waals surface area contributed by atoms with E-state index >= 15 is 0 Å². The summed E-state index contributed by atoms with van der Waals surface area (Å²) >= 11 is 0. The van der Waals surface area contributed by atoms with Crippen LogP contribution in [0.25, 0.3) is 0 Å². The van der Waals surface area contributed by atoms with E-state index in [0.717, 1.165) is 45.0 Å². The van der Waals surface area contributed by atoms with E-state index in [0.29, 0.717) is 5.92 Å². The van der Waals surface area contributed by atoms with Gasteiger partial charge >= 0.3 is 6.36 Å². The number of rotatable bonds is 8. The maximum Gasteiger partial charge on any atom is 0.573 e. The second-order valence-corrected chi connectivity index (χ2v) is 8.80. The van der Waals surface area contributed by atoms with Gasteiger partial charge in [0.25, 0.3) is 5.91 Å². The number of amides is 1. The Morgan fingerprint density at radius 3 is 2.00 bits per heavy atom. The van der Waals surface area contributed by atoms with Gasteiger partial charge in [0.15, 0.2) is 0 Å². The van der Waals surface area contributed by atoms with E-state index < -0.39 is 18.0 Å². The fourth-order valence-electron chi connectivity index (χ4n) is 4.64. The maximum atomic E-state index is 12.7. The summed E-state index contributed by atoms with van der Waals surface area (Å²) in [6.07, 6.45) is -2.38. The molecule has 0 atom stereocenters. The van der Waals surface area contributed by atoms with E-state index in [4.69, 9.17) is 0 Å². The molecule has 0 saturated carbocycles. The molecule has 1 amide bonds. The molecule has 1 saturated heterocycles. The van der Waals surface area contributed by atoms with Crippen LogP contribution in [0.4, 0.5) is 13.2 Å². The lowest BCUT2D eigenvalue weighted by Gasteiger charge is -2.33. The summed E-state index contributed by atoms with van der Waals surface area (Å²) in [6, 6.07) is 26.3. The van der Waals surface area contributed by atoms with Gasteiger partial charge in [-0.1, -0.05) is 72.8 Å². The average molecular weight is 483 g/mol. The molecule has 0 unspecified atom stereocenters. The third-order valence-electron chi connectivity index (χ3n) is 6.42. The molecule has 1 N–H and O–H groups in total. The lowest BCUT2D eigenvalue weighted by atomic mass is 9.88. The zero-order valence-corrected chi connectivity index (χ0v) is 19.4. The molecule has 0 bridgehead atoms. The molecule has 0 spiro atoms. The van der Waals surface area contributed by atoms with E-state index in [-0.39, 0.29) is 11.6 Å². The first-order valence-electron chi connectivity index (χ1n) is 11.9. The average Bonchev–Trinajstić information content (AvgIpc) is 2.86. The van der Waals surface area contributed by atoms with Gasteiger partial charge in [-0.05, 0) is 49.1 Å². The highest BCUT2D eigenvalue weighted by Gasteiger charge is 2.33. The highest BCUT2D eigenvalue weighted by Crippen LogP contribution is 2.29. The lowest BCUT2D eigenvalue weighted by Crippen LogP contribution is -2.45. The van der Waals surface area contributed by atoms with Crippen LogP contribution in [0.2, 0.25) is 0 Å². The third kappa shape index (κ3) is 7.09. The lowest BCUT2D eigenvalue weighted by molar-refractivity contribution is -0.274. The first-order chi connectivity index (χ1) is 16.9. The van der Waals surface area contributed by atoms with Gasteiger partial charge in [-0.15, -0.1) is 13.2 Å². The van der Waals surface area contributed by atoms with Crippen molar-refractivity contribution in [1.29, 1.82) is 0 Å². The number of ether oxygens (including phenoxy) is 1. The van der Waals surface area contributed by atoms with Gasteiger partial charge in [0.05, 0.1) is 5.56 Å². The van der Waals surface area contributed by atoms with E-state index in [9.17, 15) is 18.0 Å². The molecule has 7 heteroatoms. The van der Waals surface area contributed by atoms with E-state index in [1.807, 2.05) is 12.1 Å². The number of benzene rings is 3. The zero-order valence-electron chi connectivity index (χ0n) is 19.4. The Kier molecular flexibility index (Phi) is 8.08. The number of carbonyl (C=O) groups is 1. The normalized spacial score (nSPS) is 15.2. The number of carbonyl (C=O) groups excluding carboxylic acids is 1. The highest BCUT2D eigenvalue weighted by atomic mass is 19.4. The van der Waals surface area contributed by atoms with Gasteiger partial charge in [0, 0.05) is 25.0 Å². The molecule has 0 radical (unpaired) electrons. The van der Waals surface area contributed by atoms with Crippen molar-refractivity contribution in [3.8, 4) is 5.75 Å². The van der Waals surface area contributed by atoms with Gasteiger partial charge in [-0.2, -0.15) is 0 Å². The first-order valence-corrected chi connectivity index (χ1v) is 11.9. The van der Waals surface area contributed by atoms with E-state index in [2.05, 4.69) is 63.5 Å². The number of likely N-dealkylation sites (tertiary alicyclic amines) is 1. The molecular formula is C28H29F3N2O2. The van der Waals surface area contributed by atoms with Crippen molar-refractivity contribution in [2.24, 2.45) is 0 Å². The predicted molar refractivity (Wildman–Crippen MR) is 129 cm³/mol.